The van der Waals surface area contributed by atoms with Gasteiger partial charge in [-0.3, -0.25) is 13.9 Å². The highest BCUT2D eigenvalue weighted by molar-refractivity contribution is 7.92. The number of hydrogen-bond acceptors (Lipinski definition) is 4. The molecule has 0 radical (unpaired) electrons. The van der Waals surface area contributed by atoms with Gasteiger partial charge in [0.2, 0.25) is 11.8 Å². The van der Waals surface area contributed by atoms with Crippen LogP contribution in [-0.2, 0) is 32.3 Å². The highest BCUT2D eigenvalue weighted by atomic mass is 35.5. The van der Waals surface area contributed by atoms with Gasteiger partial charge in [0.05, 0.1) is 21.2 Å². The van der Waals surface area contributed by atoms with Crippen LogP contribution in [0.2, 0.25) is 5.02 Å². The number of rotatable bonds is 10. The van der Waals surface area contributed by atoms with Crippen molar-refractivity contribution in [2.45, 2.75) is 57.4 Å². The molecule has 41 heavy (non-hydrogen) atoms. The summed E-state index contributed by atoms with van der Waals surface area (Å²) in [5.41, 5.74) is -0.121. The Morgan fingerprint density at radius 3 is 2.15 bits per heavy atom. The molecule has 0 spiro atoms. The van der Waals surface area contributed by atoms with Crippen molar-refractivity contribution in [3.63, 3.8) is 0 Å². The van der Waals surface area contributed by atoms with Crippen molar-refractivity contribution < 1.29 is 31.2 Å². The summed E-state index contributed by atoms with van der Waals surface area (Å²) in [7, 11) is -4.58. The zero-order valence-electron chi connectivity index (χ0n) is 22.9. The number of carbonyl (C=O) groups excluding carboxylic acids is 2. The van der Waals surface area contributed by atoms with Gasteiger partial charge in [-0.25, -0.2) is 8.42 Å². The Balaban J connectivity index is 2.14. The highest BCUT2D eigenvalue weighted by Crippen LogP contribution is 2.37. The van der Waals surface area contributed by atoms with E-state index in [0.29, 0.717) is 15.9 Å². The molecule has 0 aliphatic carbocycles. The van der Waals surface area contributed by atoms with Gasteiger partial charge in [0.1, 0.15) is 12.6 Å². The molecule has 12 heteroatoms. The standard InChI is InChI=1S/C29H31ClF3N3O4S/c1-19(2)34-28(38)21(4)35(17-22-11-9-8-10-20(22)3)27(37)18-36(41(39,40)24-12-6-5-7-13-24)26-16-23(29(31,32)33)14-15-25(26)30/h5-16,19,21H,17-18H2,1-4H3,(H,34,38)/t21-/m0/s1. The average Bonchev–Trinajstić information content (AvgIpc) is 2.90. The number of hydrogen-bond donors (Lipinski definition) is 1. The quantitative estimate of drug-likeness (QED) is 0.315. The molecule has 3 aromatic rings. The lowest BCUT2D eigenvalue weighted by molar-refractivity contribution is -0.139. The molecule has 3 aromatic carbocycles. The fourth-order valence-electron chi connectivity index (χ4n) is 4.07. The SMILES string of the molecule is Cc1ccccc1CN(C(=O)CN(c1cc(C(F)(F)F)ccc1Cl)S(=O)(=O)c1ccccc1)[C@@H](C)C(=O)NC(C)C. The first kappa shape index (κ1) is 32.0. The van der Waals surface area contributed by atoms with Crippen LogP contribution in [0.4, 0.5) is 18.9 Å². The van der Waals surface area contributed by atoms with Crippen LogP contribution in [0.3, 0.4) is 0 Å². The number of amides is 2. The minimum Gasteiger partial charge on any atom is -0.352 e. The van der Waals surface area contributed by atoms with E-state index >= 15 is 0 Å². The molecular weight excluding hydrogens is 579 g/mol. The largest absolute Gasteiger partial charge is 0.416 e. The molecule has 0 saturated heterocycles. The fourth-order valence-corrected chi connectivity index (χ4v) is 5.79. The number of benzene rings is 3. The Morgan fingerprint density at radius 2 is 1.56 bits per heavy atom. The number of nitrogens with zero attached hydrogens (tertiary/aromatic N) is 2. The van der Waals surface area contributed by atoms with Gasteiger partial charge in [0.25, 0.3) is 10.0 Å². The molecule has 3 rings (SSSR count). The van der Waals surface area contributed by atoms with Crippen molar-refractivity contribution in [3.05, 3.63) is 94.5 Å². The zero-order chi connectivity index (χ0) is 30.5. The van der Waals surface area contributed by atoms with Crippen molar-refractivity contribution in [1.29, 1.82) is 0 Å². The molecule has 7 nitrogen and oxygen atoms in total. The Hall–Kier alpha value is -3.57. The summed E-state index contributed by atoms with van der Waals surface area (Å²) in [6, 6.07) is 15.1. The monoisotopic (exact) mass is 609 g/mol. The number of aryl methyl sites for hydroxylation is 1. The van der Waals surface area contributed by atoms with E-state index in [1.54, 1.807) is 32.0 Å². The van der Waals surface area contributed by atoms with Crippen LogP contribution >= 0.6 is 11.6 Å². The molecule has 0 fully saturated rings. The van der Waals surface area contributed by atoms with E-state index in [-0.39, 0.29) is 22.5 Å². The van der Waals surface area contributed by atoms with Crippen molar-refractivity contribution in [3.8, 4) is 0 Å². The van der Waals surface area contributed by atoms with Gasteiger partial charge in [0.15, 0.2) is 0 Å². The van der Waals surface area contributed by atoms with E-state index in [0.717, 1.165) is 17.7 Å². The van der Waals surface area contributed by atoms with Gasteiger partial charge in [-0.2, -0.15) is 13.2 Å². The van der Waals surface area contributed by atoms with E-state index in [9.17, 15) is 31.2 Å². The van der Waals surface area contributed by atoms with Crippen LogP contribution in [0.25, 0.3) is 0 Å². The van der Waals surface area contributed by atoms with Crippen molar-refractivity contribution in [2.24, 2.45) is 0 Å². The molecule has 1 N–H and O–H groups in total. The smallest absolute Gasteiger partial charge is 0.352 e. The zero-order valence-corrected chi connectivity index (χ0v) is 24.5. The van der Waals surface area contributed by atoms with E-state index in [4.69, 9.17) is 11.6 Å². The number of nitrogens with one attached hydrogen (secondary N) is 1. The van der Waals surface area contributed by atoms with Crippen molar-refractivity contribution in [1.82, 2.24) is 10.2 Å². The first-order valence-corrected chi connectivity index (χ1v) is 14.5. The summed E-state index contributed by atoms with van der Waals surface area (Å²) >= 11 is 6.26. The fraction of sp³-hybridized carbons (Fsp3) is 0.310. The lowest BCUT2D eigenvalue weighted by Crippen LogP contribution is -2.52. The third-order valence-electron chi connectivity index (χ3n) is 6.35. The van der Waals surface area contributed by atoms with Crippen LogP contribution < -0.4 is 9.62 Å². The maximum Gasteiger partial charge on any atom is 0.416 e. The van der Waals surface area contributed by atoms with Gasteiger partial charge in [0, 0.05) is 12.6 Å². The second-order valence-corrected chi connectivity index (χ2v) is 12.0. The number of anilines is 1. The first-order valence-electron chi connectivity index (χ1n) is 12.7. The number of carbonyl (C=O) groups is 2. The molecule has 0 aliphatic rings. The third kappa shape index (κ3) is 7.80. The minimum atomic E-state index is -4.80. The molecule has 220 valence electrons. The maximum absolute atomic E-state index is 13.9. The summed E-state index contributed by atoms with van der Waals surface area (Å²) in [4.78, 5) is 27.8. The van der Waals surface area contributed by atoms with Gasteiger partial charge in [-0.1, -0.05) is 54.1 Å². The topological polar surface area (TPSA) is 86.8 Å². The second kappa shape index (κ2) is 12.9. The van der Waals surface area contributed by atoms with E-state index in [1.807, 2.05) is 19.1 Å². The molecule has 0 bridgehead atoms. The summed E-state index contributed by atoms with van der Waals surface area (Å²) in [5.74, 6) is -1.29. The van der Waals surface area contributed by atoms with Crippen molar-refractivity contribution in [2.75, 3.05) is 10.8 Å². The third-order valence-corrected chi connectivity index (χ3v) is 8.45. The number of alkyl halides is 3. The highest BCUT2D eigenvalue weighted by Gasteiger charge is 2.36. The minimum absolute atomic E-state index is 0.0479. The summed E-state index contributed by atoms with van der Waals surface area (Å²) in [5, 5.41) is 2.44. The summed E-state index contributed by atoms with van der Waals surface area (Å²) < 4.78 is 69.0. The second-order valence-electron chi connectivity index (χ2n) is 9.78. The van der Waals surface area contributed by atoms with Gasteiger partial charge >= 0.3 is 6.18 Å². The van der Waals surface area contributed by atoms with E-state index in [1.165, 1.54) is 36.1 Å². The molecule has 2 amide bonds. The molecule has 0 heterocycles. The van der Waals surface area contributed by atoms with Crippen LogP contribution in [-0.4, -0.2) is 43.8 Å². The molecule has 0 aromatic heterocycles. The molecule has 1 atom stereocenters. The van der Waals surface area contributed by atoms with E-state index < -0.39 is 51.9 Å². The predicted molar refractivity (Wildman–Crippen MR) is 152 cm³/mol. The van der Waals surface area contributed by atoms with Crippen LogP contribution in [0.15, 0.2) is 77.7 Å². The summed E-state index contributed by atoms with van der Waals surface area (Å²) in [6.45, 7) is 5.87. The Kier molecular flexibility index (Phi) is 10.1. The van der Waals surface area contributed by atoms with Crippen LogP contribution in [0.5, 0.6) is 0 Å². The number of sulfonamides is 1. The molecule has 0 saturated carbocycles. The van der Waals surface area contributed by atoms with Gasteiger partial charge in [-0.15, -0.1) is 0 Å². The lowest BCUT2D eigenvalue weighted by atomic mass is 10.1. The molecule has 0 aliphatic heterocycles. The van der Waals surface area contributed by atoms with Crippen molar-refractivity contribution >= 4 is 39.1 Å². The van der Waals surface area contributed by atoms with Gasteiger partial charge < -0.3 is 10.2 Å². The van der Waals surface area contributed by atoms with Crippen LogP contribution in [0, 0.1) is 6.92 Å². The molecular formula is C29H31ClF3N3O4S. The number of halogens is 4. The Morgan fingerprint density at radius 1 is 0.951 bits per heavy atom. The maximum atomic E-state index is 13.9. The summed E-state index contributed by atoms with van der Waals surface area (Å²) in [6.07, 6.45) is -4.80. The Bertz CT molecular complexity index is 1500. The molecule has 0 unspecified atom stereocenters. The predicted octanol–water partition coefficient (Wildman–Crippen LogP) is 5.80. The van der Waals surface area contributed by atoms with Crippen LogP contribution in [0.1, 0.15) is 37.5 Å². The average molecular weight is 610 g/mol. The van der Waals surface area contributed by atoms with E-state index in [2.05, 4.69) is 5.32 Å². The first-order chi connectivity index (χ1) is 19.1. The van der Waals surface area contributed by atoms with Gasteiger partial charge in [-0.05, 0) is 69.2 Å². The normalized spacial score (nSPS) is 12.6. The Labute approximate surface area is 243 Å². The lowest BCUT2D eigenvalue weighted by Gasteiger charge is -2.33.